The molecule has 0 unspecified atom stereocenters. The molecule has 6 heteroatoms. The molecule has 2 rings (SSSR count). The summed E-state index contributed by atoms with van der Waals surface area (Å²) in [5, 5.41) is 0. The fourth-order valence-electron chi connectivity index (χ4n) is 2.97. The molecule has 1 aliphatic carbocycles. The monoisotopic (exact) mass is 408 g/mol. The number of methoxy groups -OCH3 is 1. The van der Waals surface area contributed by atoms with E-state index in [9.17, 15) is 13.2 Å². The van der Waals surface area contributed by atoms with E-state index in [0.717, 1.165) is 12.8 Å². The van der Waals surface area contributed by atoms with Gasteiger partial charge in [-0.3, -0.25) is 4.79 Å². The molecule has 1 aromatic rings. The molecule has 0 amide bonds. The first-order valence-corrected chi connectivity index (χ1v) is 9.45. The van der Waals surface area contributed by atoms with Gasteiger partial charge in [0.25, 0.3) is 0 Å². The quantitative estimate of drug-likeness (QED) is 0.437. The Morgan fingerprint density at radius 1 is 1.40 bits per heavy atom. The maximum absolute atomic E-state index is 13.0. The van der Waals surface area contributed by atoms with Gasteiger partial charge in [-0.1, -0.05) is 47.2 Å². The average molecular weight is 408 g/mol. The van der Waals surface area contributed by atoms with Gasteiger partial charge in [0.15, 0.2) is 14.6 Å². The van der Waals surface area contributed by atoms with Crippen LogP contribution in [0.15, 0.2) is 35.2 Å². The van der Waals surface area contributed by atoms with Crippen LogP contribution in [0.1, 0.15) is 19.3 Å². The maximum atomic E-state index is 13.0. The highest BCUT2D eigenvalue weighted by atomic mass is 127. The number of carbonyl (C=O) groups excluding carboxylic acids is 1. The normalized spacial score (nSPS) is 26.4. The van der Waals surface area contributed by atoms with Crippen molar-refractivity contribution in [3.8, 4) is 0 Å². The van der Waals surface area contributed by atoms with E-state index in [1.165, 1.54) is 7.11 Å². The third-order valence-electron chi connectivity index (χ3n) is 4.01. The number of rotatable bonds is 4. The van der Waals surface area contributed by atoms with Crippen molar-refractivity contribution in [3.63, 3.8) is 0 Å². The molecule has 1 fully saturated rings. The van der Waals surface area contributed by atoms with Gasteiger partial charge < -0.3 is 4.74 Å². The van der Waals surface area contributed by atoms with Gasteiger partial charge in [0.05, 0.1) is 12.0 Å². The number of esters is 1. The van der Waals surface area contributed by atoms with E-state index in [1.807, 2.05) is 0 Å². The summed E-state index contributed by atoms with van der Waals surface area (Å²) in [6.07, 6.45) is 1.81. The molecule has 110 valence electrons. The molecular formula is C14H17IO4S. The van der Waals surface area contributed by atoms with Crippen LogP contribution in [-0.2, 0) is 19.4 Å². The van der Waals surface area contributed by atoms with E-state index in [-0.39, 0.29) is 10.8 Å². The van der Waals surface area contributed by atoms with Gasteiger partial charge in [0.1, 0.15) is 0 Å². The molecule has 1 aromatic carbocycles. The van der Waals surface area contributed by atoms with Crippen molar-refractivity contribution in [3.05, 3.63) is 30.3 Å². The third-order valence-corrected chi connectivity index (χ3v) is 7.63. The van der Waals surface area contributed by atoms with Crippen molar-refractivity contribution in [1.29, 1.82) is 0 Å². The number of alkyl halides is 1. The smallest absolute Gasteiger partial charge is 0.327 e. The Hall–Kier alpha value is -0.630. The fraction of sp³-hybridized carbons (Fsp3) is 0.500. The second-order valence-corrected chi connectivity index (χ2v) is 8.03. The van der Waals surface area contributed by atoms with E-state index in [2.05, 4.69) is 22.6 Å². The molecule has 0 heterocycles. The summed E-state index contributed by atoms with van der Waals surface area (Å²) in [7, 11) is -2.50. The number of sulfone groups is 1. The number of hydrogen-bond acceptors (Lipinski definition) is 4. The Balaban J connectivity index is 2.61. The lowest BCUT2D eigenvalue weighted by molar-refractivity contribution is -0.144. The number of carbonyl (C=O) groups is 1. The van der Waals surface area contributed by atoms with Crippen LogP contribution in [-0.4, -0.2) is 30.7 Å². The van der Waals surface area contributed by atoms with E-state index in [1.54, 1.807) is 30.3 Å². The van der Waals surface area contributed by atoms with Crippen LogP contribution < -0.4 is 0 Å². The molecule has 1 saturated carbocycles. The van der Waals surface area contributed by atoms with Crippen molar-refractivity contribution in [2.75, 3.05) is 11.5 Å². The van der Waals surface area contributed by atoms with Crippen LogP contribution in [0, 0.1) is 5.92 Å². The summed E-state index contributed by atoms with van der Waals surface area (Å²) < 4.78 is 30.1. The zero-order valence-corrected chi connectivity index (χ0v) is 14.2. The fourth-order valence-corrected chi connectivity index (χ4v) is 6.75. The number of hydrogen-bond donors (Lipinski definition) is 0. The molecule has 0 aromatic heterocycles. The SMILES string of the molecule is COC(=O)[C@]1(S(=O)(=O)c2ccccc2)CCC[C@H]1CI. The van der Waals surface area contributed by atoms with Crippen LogP contribution >= 0.6 is 22.6 Å². The highest BCUT2D eigenvalue weighted by Gasteiger charge is 2.59. The van der Waals surface area contributed by atoms with Crippen LogP contribution in [0.3, 0.4) is 0 Å². The van der Waals surface area contributed by atoms with Crippen molar-refractivity contribution in [1.82, 2.24) is 0 Å². The lowest BCUT2D eigenvalue weighted by Gasteiger charge is -2.31. The first-order valence-electron chi connectivity index (χ1n) is 6.44. The Morgan fingerprint density at radius 2 is 2.05 bits per heavy atom. The molecule has 0 aliphatic heterocycles. The summed E-state index contributed by atoms with van der Waals surface area (Å²) >= 11 is 2.15. The van der Waals surface area contributed by atoms with Crippen molar-refractivity contribution in [2.24, 2.45) is 5.92 Å². The van der Waals surface area contributed by atoms with E-state index in [4.69, 9.17) is 4.74 Å². The Morgan fingerprint density at radius 3 is 2.60 bits per heavy atom. The predicted molar refractivity (Wildman–Crippen MR) is 84.6 cm³/mol. The first-order chi connectivity index (χ1) is 9.50. The minimum absolute atomic E-state index is 0.194. The summed E-state index contributed by atoms with van der Waals surface area (Å²) in [4.78, 5) is 12.5. The van der Waals surface area contributed by atoms with Crippen LogP contribution in [0.5, 0.6) is 0 Å². The van der Waals surface area contributed by atoms with Gasteiger partial charge in [-0.05, 0) is 30.9 Å². The summed E-state index contributed by atoms with van der Waals surface area (Å²) in [5.41, 5.74) is 0. The summed E-state index contributed by atoms with van der Waals surface area (Å²) in [6.45, 7) is 0. The minimum atomic E-state index is -3.75. The van der Waals surface area contributed by atoms with Gasteiger partial charge in [-0.25, -0.2) is 8.42 Å². The maximum Gasteiger partial charge on any atom is 0.327 e. The van der Waals surface area contributed by atoms with E-state index < -0.39 is 20.6 Å². The Bertz CT molecular complexity index is 584. The van der Waals surface area contributed by atoms with Gasteiger partial charge in [0, 0.05) is 4.43 Å². The van der Waals surface area contributed by atoms with Crippen LogP contribution in [0.25, 0.3) is 0 Å². The number of benzene rings is 1. The Labute approximate surface area is 133 Å². The first kappa shape index (κ1) is 15.8. The van der Waals surface area contributed by atoms with Gasteiger partial charge in [-0.15, -0.1) is 0 Å². The molecule has 0 radical (unpaired) electrons. The predicted octanol–water partition coefficient (Wildman–Crippen LogP) is 2.61. The second-order valence-electron chi connectivity index (χ2n) is 4.94. The number of ether oxygens (including phenoxy) is 1. The molecule has 0 saturated heterocycles. The lowest BCUT2D eigenvalue weighted by Crippen LogP contribution is -2.50. The molecule has 0 N–H and O–H groups in total. The minimum Gasteiger partial charge on any atom is -0.468 e. The molecular weight excluding hydrogens is 391 g/mol. The zero-order chi connectivity index (χ0) is 14.8. The standard InChI is InChI=1S/C14H17IO4S/c1-19-13(16)14(9-5-6-11(14)10-15)20(17,18)12-7-3-2-4-8-12/h2-4,7-8,11H,5-6,9-10H2,1H3/t11-,14-/m0/s1. The molecule has 2 atom stereocenters. The highest BCUT2D eigenvalue weighted by molar-refractivity contribution is 14.1. The zero-order valence-electron chi connectivity index (χ0n) is 11.2. The molecule has 4 nitrogen and oxygen atoms in total. The third kappa shape index (κ3) is 2.26. The second kappa shape index (κ2) is 6.01. The summed E-state index contributed by atoms with van der Waals surface area (Å²) in [5.74, 6) is -0.818. The lowest BCUT2D eigenvalue weighted by atomic mass is 9.97. The molecule has 0 bridgehead atoms. The van der Waals surface area contributed by atoms with Gasteiger partial charge in [-0.2, -0.15) is 0 Å². The molecule has 1 aliphatic rings. The molecule has 0 spiro atoms. The Kier molecular flexibility index (Phi) is 4.73. The largest absolute Gasteiger partial charge is 0.468 e. The van der Waals surface area contributed by atoms with Crippen molar-refractivity contribution >= 4 is 38.4 Å². The van der Waals surface area contributed by atoms with Crippen LogP contribution in [0.2, 0.25) is 0 Å². The van der Waals surface area contributed by atoms with Crippen molar-refractivity contribution in [2.45, 2.75) is 28.9 Å². The highest BCUT2D eigenvalue weighted by Crippen LogP contribution is 2.46. The van der Waals surface area contributed by atoms with Crippen molar-refractivity contribution < 1.29 is 17.9 Å². The van der Waals surface area contributed by atoms with E-state index in [0.29, 0.717) is 10.8 Å². The van der Waals surface area contributed by atoms with Gasteiger partial charge in [0.2, 0.25) is 0 Å². The van der Waals surface area contributed by atoms with Gasteiger partial charge >= 0.3 is 5.97 Å². The number of halogens is 1. The van der Waals surface area contributed by atoms with E-state index >= 15 is 0 Å². The average Bonchev–Trinajstić information content (AvgIpc) is 2.92. The molecule has 20 heavy (non-hydrogen) atoms. The summed E-state index contributed by atoms with van der Waals surface area (Å²) in [6, 6.07) is 8.19. The van der Waals surface area contributed by atoms with Crippen LogP contribution in [0.4, 0.5) is 0 Å². The topological polar surface area (TPSA) is 60.4 Å².